The molecule has 0 radical (unpaired) electrons. The van der Waals surface area contributed by atoms with Gasteiger partial charge in [0.2, 0.25) is 0 Å². The van der Waals surface area contributed by atoms with E-state index in [0.29, 0.717) is 11.1 Å². The van der Waals surface area contributed by atoms with Crippen LogP contribution in [-0.4, -0.2) is 42.5 Å². The SMILES string of the molecule is O=S(=O)(O)C(c1ccccc1)c1ccccc1.[NaH]. The van der Waals surface area contributed by atoms with Crippen LogP contribution in [0.1, 0.15) is 16.4 Å². The first-order valence-electron chi connectivity index (χ1n) is 5.15. The maximum atomic E-state index is 11.5. The van der Waals surface area contributed by atoms with Crippen LogP contribution in [-0.2, 0) is 10.1 Å². The zero-order valence-corrected chi connectivity index (χ0v) is 9.84. The van der Waals surface area contributed by atoms with E-state index < -0.39 is 15.4 Å². The molecule has 0 fully saturated rings. The fourth-order valence-electron chi connectivity index (χ4n) is 1.79. The van der Waals surface area contributed by atoms with Crippen molar-refractivity contribution < 1.29 is 13.0 Å². The molecular formula is C13H13NaO3S. The van der Waals surface area contributed by atoms with E-state index in [4.69, 9.17) is 0 Å². The monoisotopic (exact) mass is 272 g/mol. The Balaban J connectivity index is 0.00000162. The van der Waals surface area contributed by atoms with Crippen LogP contribution in [0.2, 0.25) is 0 Å². The average molecular weight is 272 g/mol. The molecule has 0 aliphatic rings. The molecule has 0 aromatic heterocycles. The first-order valence-corrected chi connectivity index (χ1v) is 6.65. The van der Waals surface area contributed by atoms with Gasteiger partial charge in [0.1, 0.15) is 5.25 Å². The van der Waals surface area contributed by atoms with Gasteiger partial charge < -0.3 is 0 Å². The Kier molecular flexibility index (Phi) is 5.56. The zero-order valence-electron chi connectivity index (χ0n) is 9.02. The van der Waals surface area contributed by atoms with E-state index in [1.54, 1.807) is 60.7 Å². The number of benzene rings is 2. The summed E-state index contributed by atoms with van der Waals surface area (Å²) < 4.78 is 32.3. The van der Waals surface area contributed by atoms with Crippen molar-refractivity contribution in [3.8, 4) is 0 Å². The van der Waals surface area contributed by atoms with Gasteiger partial charge in [-0.2, -0.15) is 8.42 Å². The fraction of sp³-hybridized carbons (Fsp3) is 0.0769. The molecule has 0 unspecified atom stereocenters. The van der Waals surface area contributed by atoms with Gasteiger partial charge in [-0.05, 0) is 11.1 Å². The van der Waals surface area contributed by atoms with E-state index >= 15 is 0 Å². The van der Waals surface area contributed by atoms with E-state index in [-0.39, 0.29) is 29.6 Å². The summed E-state index contributed by atoms with van der Waals surface area (Å²) in [6.07, 6.45) is 0. The van der Waals surface area contributed by atoms with E-state index in [1.165, 1.54) is 0 Å². The van der Waals surface area contributed by atoms with Gasteiger partial charge in [0.05, 0.1) is 0 Å². The van der Waals surface area contributed by atoms with Gasteiger partial charge in [-0.15, -0.1) is 0 Å². The molecule has 0 aliphatic heterocycles. The van der Waals surface area contributed by atoms with E-state index in [1.807, 2.05) is 0 Å². The molecule has 2 aromatic carbocycles. The zero-order chi connectivity index (χ0) is 12.3. The van der Waals surface area contributed by atoms with Crippen LogP contribution in [0, 0.1) is 0 Å². The second kappa shape index (κ2) is 6.50. The molecule has 18 heavy (non-hydrogen) atoms. The van der Waals surface area contributed by atoms with Gasteiger partial charge >= 0.3 is 29.6 Å². The van der Waals surface area contributed by atoms with Gasteiger partial charge in [-0.3, -0.25) is 4.55 Å². The van der Waals surface area contributed by atoms with Gasteiger partial charge in [0, 0.05) is 0 Å². The Morgan fingerprint density at radius 2 is 1.11 bits per heavy atom. The Hall–Kier alpha value is -0.650. The van der Waals surface area contributed by atoms with Crippen LogP contribution in [0.15, 0.2) is 60.7 Å². The van der Waals surface area contributed by atoms with Crippen molar-refractivity contribution in [3.05, 3.63) is 71.8 Å². The molecule has 5 heteroatoms. The molecule has 1 N–H and O–H groups in total. The number of hydrogen-bond donors (Lipinski definition) is 1. The predicted molar refractivity (Wildman–Crippen MR) is 73.4 cm³/mol. The summed E-state index contributed by atoms with van der Waals surface area (Å²) in [5.74, 6) is 0. The summed E-state index contributed by atoms with van der Waals surface area (Å²) in [5, 5.41) is -1.02. The standard InChI is InChI=1S/C13H12O3S.Na.H/c14-17(15,16)13(11-7-3-1-4-8-11)12-9-5-2-6-10-12;;/h1-10,13H,(H,14,15,16);;. The summed E-state index contributed by atoms with van der Waals surface area (Å²) in [7, 11) is -4.17. The third-order valence-corrected chi connectivity index (χ3v) is 3.64. The third kappa shape index (κ3) is 3.67. The molecule has 0 spiro atoms. The topological polar surface area (TPSA) is 54.4 Å². The second-order valence-electron chi connectivity index (χ2n) is 3.72. The Labute approximate surface area is 129 Å². The van der Waals surface area contributed by atoms with Crippen LogP contribution in [0.4, 0.5) is 0 Å². The maximum absolute atomic E-state index is 11.5. The van der Waals surface area contributed by atoms with E-state index in [0.717, 1.165) is 0 Å². The molecule has 2 aromatic rings. The normalized spacial score (nSPS) is 11.0. The Morgan fingerprint density at radius 3 is 1.39 bits per heavy atom. The molecule has 0 aliphatic carbocycles. The predicted octanol–water partition coefficient (Wildman–Crippen LogP) is 2.02. The molecule has 3 nitrogen and oxygen atoms in total. The van der Waals surface area contributed by atoms with E-state index in [9.17, 15) is 13.0 Å². The van der Waals surface area contributed by atoms with Crippen molar-refractivity contribution in [2.24, 2.45) is 0 Å². The Morgan fingerprint density at radius 1 is 0.778 bits per heavy atom. The number of hydrogen-bond acceptors (Lipinski definition) is 2. The molecule has 0 atom stereocenters. The van der Waals surface area contributed by atoms with Gasteiger partial charge in [-0.25, -0.2) is 0 Å². The molecule has 0 saturated carbocycles. The van der Waals surface area contributed by atoms with Crippen molar-refractivity contribution in [1.82, 2.24) is 0 Å². The fourth-order valence-corrected chi connectivity index (χ4v) is 2.79. The first-order chi connectivity index (χ1) is 8.09. The summed E-state index contributed by atoms with van der Waals surface area (Å²) in [5.41, 5.74) is 1.11. The van der Waals surface area contributed by atoms with Crippen LogP contribution in [0.25, 0.3) is 0 Å². The summed E-state index contributed by atoms with van der Waals surface area (Å²) in [6.45, 7) is 0. The van der Waals surface area contributed by atoms with Crippen LogP contribution in [0.3, 0.4) is 0 Å². The summed E-state index contributed by atoms with van der Waals surface area (Å²) in [4.78, 5) is 0. The molecule has 0 bridgehead atoms. The first kappa shape index (κ1) is 15.4. The summed E-state index contributed by atoms with van der Waals surface area (Å²) >= 11 is 0. The van der Waals surface area contributed by atoms with Crippen LogP contribution >= 0.6 is 0 Å². The summed E-state index contributed by atoms with van der Waals surface area (Å²) in [6, 6.07) is 17.3. The van der Waals surface area contributed by atoms with Crippen LogP contribution in [0.5, 0.6) is 0 Å². The molecule has 0 amide bonds. The minimum atomic E-state index is -4.17. The van der Waals surface area contributed by atoms with Crippen molar-refractivity contribution >= 4 is 39.7 Å². The molecule has 0 heterocycles. The second-order valence-corrected chi connectivity index (χ2v) is 5.22. The van der Waals surface area contributed by atoms with Crippen molar-refractivity contribution in [1.29, 1.82) is 0 Å². The molecule has 2 rings (SSSR count). The van der Waals surface area contributed by atoms with Crippen molar-refractivity contribution in [3.63, 3.8) is 0 Å². The van der Waals surface area contributed by atoms with Crippen LogP contribution < -0.4 is 0 Å². The minimum absolute atomic E-state index is 0. The van der Waals surface area contributed by atoms with Crippen molar-refractivity contribution in [2.45, 2.75) is 5.25 Å². The Bertz CT molecular complexity index is 543. The number of rotatable bonds is 3. The van der Waals surface area contributed by atoms with Gasteiger partial charge in [-0.1, -0.05) is 60.7 Å². The molecule has 90 valence electrons. The van der Waals surface area contributed by atoms with Crippen molar-refractivity contribution in [2.75, 3.05) is 0 Å². The molecular weight excluding hydrogens is 259 g/mol. The quantitative estimate of drug-likeness (QED) is 0.687. The van der Waals surface area contributed by atoms with Gasteiger partial charge in [0.15, 0.2) is 0 Å². The molecule has 0 saturated heterocycles. The van der Waals surface area contributed by atoms with E-state index in [2.05, 4.69) is 0 Å². The third-order valence-electron chi connectivity index (χ3n) is 2.50. The van der Waals surface area contributed by atoms with Gasteiger partial charge in [0.25, 0.3) is 10.1 Å². The average Bonchev–Trinajstić information content (AvgIpc) is 2.30.